The highest BCUT2D eigenvalue weighted by Crippen LogP contribution is 2.22. The number of aromatic nitrogens is 2. The molecule has 0 aliphatic rings. The van der Waals surface area contributed by atoms with Gasteiger partial charge in [0.25, 0.3) is 0 Å². The largest absolute Gasteiger partial charge is 0.482 e. The lowest BCUT2D eigenvalue weighted by molar-refractivity contribution is -0.142. The van der Waals surface area contributed by atoms with Gasteiger partial charge in [0.05, 0.1) is 24.7 Å². The van der Waals surface area contributed by atoms with E-state index in [0.29, 0.717) is 18.1 Å². The van der Waals surface area contributed by atoms with Gasteiger partial charge in [0.15, 0.2) is 6.61 Å². The molecule has 1 aromatic carbocycles. The first kappa shape index (κ1) is 19.6. The number of carbonyl (C=O) groups excluding carboxylic acids is 2. The number of nitrogens with zero attached hydrogens (tertiary/aromatic N) is 2. The zero-order chi connectivity index (χ0) is 19.3. The fourth-order valence-corrected chi connectivity index (χ4v) is 2.40. The Morgan fingerprint density at radius 1 is 1.27 bits per heavy atom. The molecule has 0 saturated carbocycles. The smallest absolute Gasteiger partial charge is 0.408 e. The topological polar surface area (TPSA) is 91.7 Å². The number of rotatable bonds is 6. The molecule has 1 heterocycles. The molecule has 26 heavy (non-hydrogen) atoms. The number of carbonyl (C=O) groups is 2. The second-order valence-corrected chi connectivity index (χ2v) is 6.64. The molecule has 0 aliphatic carbocycles. The molecule has 1 amide bonds. The Bertz CT molecular complexity index is 792. The van der Waals surface area contributed by atoms with E-state index in [4.69, 9.17) is 9.47 Å². The number of ether oxygens (including phenoxy) is 3. The lowest BCUT2D eigenvalue weighted by Crippen LogP contribution is -2.32. The molecule has 1 N–H and O–H groups in total. The van der Waals surface area contributed by atoms with Gasteiger partial charge in [-0.2, -0.15) is 0 Å². The van der Waals surface area contributed by atoms with Crippen LogP contribution in [0.1, 0.15) is 33.5 Å². The Hall–Kier alpha value is -2.77. The zero-order valence-electron chi connectivity index (χ0n) is 15.8. The number of benzene rings is 1. The van der Waals surface area contributed by atoms with E-state index in [1.807, 2.05) is 44.4 Å². The first-order chi connectivity index (χ1) is 12.2. The maximum atomic E-state index is 11.8. The summed E-state index contributed by atoms with van der Waals surface area (Å²) < 4.78 is 17.2. The molecule has 142 valence electrons. The molecule has 0 radical (unpaired) electrons. The van der Waals surface area contributed by atoms with Crippen LogP contribution in [0.3, 0.4) is 0 Å². The minimum Gasteiger partial charge on any atom is -0.482 e. The van der Waals surface area contributed by atoms with E-state index in [9.17, 15) is 9.59 Å². The summed E-state index contributed by atoms with van der Waals surface area (Å²) in [5.74, 6) is 0.805. The Labute approximate surface area is 152 Å². The maximum absolute atomic E-state index is 11.8. The summed E-state index contributed by atoms with van der Waals surface area (Å²) in [6, 6.07) is 5.36. The number of imidazole rings is 1. The van der Waals surface area contributed by atoms with Crippen molar-refractivity contribution in [3.63, 3.8) is 0 Å². The second-order valence-electron chi connectivity index (χ2n) is 6.64. The number of hydrogen-bond donors (Lipinski definition) is 1. The Balaban J connectivity index is 2.15. The van der Waals surface area contributed by atoms with Gasteiger partial charge in [-0.05, 0) is 39.8 Å². The van der Waals surface area contributed by atoms with Gasteiger partial charge in [0.1, 0.15) is 17.2 Å². The van der Waals surface area contributed by atoms with Gasteiger partial charge in [0.2, 0.25) is 0 Å². The molecular weight excluding hydrogens is 338 g/mol. The number of fused-ring (bicyclic) bond motifs is 1. The van der Waals surface area contributed by atoms with Gasteiger partial charge in [-0.25, -0.2) is 14.6 Å². The molecular formula is C18H25N3O5. The lowest BCUT2D eigenvalue weighted by atomic mass is 10.2. The van der Waals surface area contributed by atoms with Crippen LogP contribution in [-0.2, 0) is 27.4 Å². The number of aryl methyl sites for hydroxylation is 1. The predicted molar refractivity (Wildman–Crippen MR) is 96.0 cm³/mol. The first-order valence-electron chi connectivity index (χ1n) is 8.39. The first-order valence-corrected chi connectivity index (χ1v) is 8.39. The minimum absolute atomic E-state index is 0.157. The molecule has 2 aromatic rings. The molecule has 0 atom stereocenters. The van der Waals surface area contributed by atoms with Crippen molar-refractivity contribution >= 4 is 23.1 Å². The summed E-state index contributed by atoms with van der Waals surface area (Å²) in [7, 11) is 1.31. The summed E-state index contributed by atoms with van der Waals surface area (Å²) in [4.78, 5) is 27.6. The third-order valence-corrected chi connectivity index (χ3v) is 3.49. The highest BCUT2D eigenvalue weighted by molar-refractivity contribution is 5.78. The van der Waals surface area contributed by atoms with Crippen LogP contribution in [0.15, 0.2) is 18.2 Å². The van der Waals surface area contributed by atoms with E-state index in [1.165, 1.54) is 7.11 Å². The summed E-state index contributed by atoms with van der Waals surface area (Å²) in [5, 5.41) is 2.72. The third kappa shape index (κ3) is 5.11. The van der Waals surface area contributed by atoms with Crippen LogP contribution in [0.5, 0.6) is 5.75 Å². The minimum atomic E-state index is -0.555. The van der Waals surface area contributed by atoms with Crippen LogP contribution < -0.4 is 10.1 Å². The van der Waals surface area contributed by atoms with Crippen molar-refractivity contribution in [2.75, 3.05) is 13.7 Å². The standard InChI is InChI=1S/C18H25N3O5/c1-6-21-14-9-12(25-11-16(22)24-5)7-8-13(14)20-15(21)10-19-17(23)26-18(2,3)4/h7-9H,6,10-11H2,1-5H3,(H,19,23). The van der Waals surface area contributed by atoms with Crippen molar-refractivity contribution in [2.24, 2.45) is 0 Å². The molecule has 0 aliphatic heterocycles. The number of amides is 1. The van der Waals surface area contributed by atoms with E-state index in [0.717, 1.165) is 11.0 Å². The number of esters is 1. The predicted octanol–water partition coefficient (Wildman–Crippen LogP) is 2.63. The Kier molecular flexibility index (Phi) is 6.07. The highest BCUT2D eigenvalue weighted by Gasteiger charge is 2.17. The summed E-state index contributed by atoms with van der Waals surface area (Å²) >= 11 is 0. The number of hydrogen-bond acceptors (Lipinski definition) is 6. The fraction of sp³-hybridized carbons (Fsp3) is 0.500. The van der Waals surface area contributed by atoms with Crippen LogP contribution in [-0.4, -0.2) is 40.9 Å². The van der Waals surface area contributed by atoms with Crippen LogP contribution in [0.2, 0.25) is 0 Å². The van der Waals surface area contributed by atoms with Crippen LogP contribution >= 0.6 is 0 Å². The van der Waals surface area contributed by atoms with Gasteiger partial charge >= 0.3 is 12.1 Å². The van der Waals surface area contributed by atoms with E-state index in [1.54, 1.807) is 6.07 Å². The fourth-order valence-electron chi connectivity index (χ4n) is 2.40. The van der Waals surface area contributed by atoms with Crippen molar-refractivity contribution < 1.29 is 23.8 Å². The van der Waals surface area contributed by atoms with E-state index in [2.05, 4.69) is 15.0 Å². The summed E-state index contributed by atoms with van der Waals surface area (Å²) in [5.41, 5.74) is 1.08. The van der Waals surface area contributed by atoms with Crippen molar-refractivity contribution in [3.05, 3.63) is 24.0 Å². The SMILES string of the molecule is CCn1c(CNC(=O)OC(C)(C)C)nc2ccc(OCC(=O)OC)cc21. The van der Waals surface area contributed by atoms with Gasteiger partial charge in [-0.1, -0.05) is 0 Å². The Morgan fingerprint density at radius 2 is 2.00 bits per heavy atom. The van der Waals surface area contributed by atoms with Crippen LogP contribution in [0.4, 0.5) is 4.79 Å². The average molecular weight is 363 g/mol. The third-order valence-electron chi connectivity index (χ3n) is 3.49. The summed E-state index contributed by atoms with van der Waals surface area (Å²) in [6.45, 7) is 8.17. The molecule has 2 rings (SSSR count). The van der Waals surface area contributed by atoms with Gasteiger partial charge in [0, 0.05) is 12.6 Å². The maximum Gasteiger partial charge on any atom is 0.408 e. The average Bonchev–Trinajstić information content (AvgIpc) is 2.93. The highest BCUT2D eigenvalue weighted by atomic mass is 16.6. The van der Waals surface area contributed by atoms with Crippen molar-refractivity contribution in [2.45, 2.75) is 46.4 Å². The quantitative estimate of drug-likeness (QED) is 0.793. The van der Waals surface area contributed by atoms with E-state index < -0.39 is 17.7 Å². The molecule has 0 spiro atoms. The summed E-state index contributed by atoms with van der Waals surface area (Å²) in [6.07, 6.45) is -0.491. The number of methoxy groups -OCH3 is 1. The van der Waals surface area contributed by atoms with E-state index >= 15 is 0 Å². The van der Waals surface area contributed by atoms with E-state index in [-0.39, 0.29) is 13.2 Å². The van der Waals surface area contributed by atoms with Gasteiger partial charge < -0.3 is 24.1 Å². The molecule has 0 bridgehead atoms. The molecule has 0 unspecified atom stereocenters. The number of alkyl carbamates (subject to hydrolysis) is 1. The zero-order valence-corrected chi connectivity index (χ0v) is 15.8. The number of nitrogens with one attached hydrogen (secondary N) is 1. The molecule has 0 saturated heterocycles. The monoisotopic (exact) mass is 363 g/mol. The lowest BCUT2D eigenvalue weighted by Gasteiger charge is -2.19. The van der Waals surface area contributed by atoms with Crippen molar-refractivity contribution in [1.29, 1.82) is 0 Å². The molecule has 0 fully saturated rings. The van der Waals surface area contributed by atoms with Crippen LogP contribution in [0.25, 0.3) is 11.0 Å². The van der Waals surface area contributed by atoms with Gasteiger partial charge in [-0.3, -0.25) is 0 Å². The normalized spacial score (nSPS) is 11.3. The van der Waals surface area contributed by atoms with Gasteiger partial charge in [-0.15, -0.1) is 0 Å². The van der Waals surface area contributed by atoms with Crippen molar-refractivity contribution in [3.8, 4) is 5.75 Å². The second kappa shape index (κ2) is 8.07. The molecule has 8 nitrogen and oxygen atoms in total. The molecule has 8 heteroatoms. The Morgan fingerprint density at radius 3 is 2.62 bits per heavy atom. The molecule has 1 aromatic heterocycles. The van der Waals surface area contributed by atoms with Crippen molar-refractivity contribution in [1.82, 2.24) is 14.9 Å². The van der Waals surface area contributed by atoms with Crippen LogP contribution in [0, 0.1) is 0 Å².